The van der Waals surface area contributed by atoms with E-state index in [1.54, 1.807) is 6.08 Å². The Balaban J connectivity index is 1.57. The van der Waals surface area contributed by atoms with Crippen LogP contribution in [0.3, 0.4) is 0 Å². The van der Waals surface area contributed by atoms with Crippen LogP contribution in [0, 0.1) is 5.41 Å². The van der Waals surface area contributed by atoms with Gasteiger partial charge in [-0.2, -0.15) is 0 Å². The first-order chi connectivity index (χ1) is 26.5. The van der Waals surface area contributed by atoms with Crippen LogP contribution in [0.15, 0.2) is 47.8 Å². The number of halogens is 1. The molecule has 0 atom stereocenters. The Bertz CT molecular complexity index is 1510. The number of nitrogens with one attached hydrogen (secondary N) is 1. The molecule has 0 aliphatic carbocycles. The number of nitrogens with zero attached hydrogens (tertiary/aromatic N) is 3. The van der Waals surface area contributed by atoms with E-state index in [1.807, 2.05) is 19.1 Å². The monoisotopic (exact) mass is 784 g/mol. The number of hydrogen-bond acceptors (Lipinski definition) is 8. The summed E-state index contributed by atoms with van der Waals surface area (Å²) in [6.07, 6.45) is 12.9. The second kappa shape index (κ2) is 24.1. The highest BCUT2D eigenvalue weighted by atomic mass is 35.5. The number of imide groups is 2. The fraction of sp³-hybridized carbons (Fsp3) is 0.628. The van der Waals surface area contributed by atoms with Crippen LogP contribution < -0.4 is 15.0 Å². The Morgan fingerprint density at radius 2 is 1.49 bits per heavy atom. The van der Waals surface area contributed by atoms with Crippen LogP contribution in [-0.4, -0.2) is 98.6 Å². The molecule has 2 aliphatic heterocycles. The Morgan fingerprint density at radius 3 is 2.15 bits per heavy atom. The molecule has 306 valence electrons. The molecule has 0 unspecified atom stereocenters. The lowest BCUT2D eigenvalue weighted by atomic mass is 9.80. The van der Waals surface area contributed by atoms with Gasteiger partial charge in [0.05, 0.1) is 19.8 Å². The van der Waals surface area contributed by atoms with Gasteiger partial charge in [0.2, 0.25) is 5.91 Å². The molecule has 2 heterocycles. The molecule has 2 aliphatic rings. The first-order valence-corrected chi connectivity index (χ1v) is 20.9. The molecule has 0 bridgehead atoms. The molecule has 1 aromatic rings. The zero-order valence-electron chi connectivity index (χ0n) is 34.2. The summed E-state index contributed by atoms with van der Waals surface area (Å²) >= 11 is 5.69. The highest BCUT2D eigenvalue weighted by Crippen LogP contribution is 2.44. The standard InChI is InChI=1S/C43H65ClN4O7/c1-7-10-25-47-40(50)36(22-20-34-32-37(43(4,5)6)35-21-19-33(31-38(35)55-34)46(8-2)9-3)41(51)48(42(47)52)26-16-13-14-18-39(49)45-24-28-54-30-29-53-27-17-12-11-15-23-44/h19-22,31-32H,7-18,23-30H2,1-6H3,(H,45,49)/b34-20-,36-22+. The number of anilines is 1. The summed E-state index contributed by atoms with van der Waals surface area (Å²) < 4.78 is 17.5. The average molecular weight is 785 g/mol. The average Bonchev–Trinajstić information content (AvgIpc) is 3.16. The van der Waals surface area contributed by atoms with E-state index in [1.165, 1.54) is 11.0 Å². The van der Waals surface area contributed by atoms with Gasteiger partial charge >= 0.3 is 6.03 Å². The van der Waals surface area contributed by atoms with Crippen molar-refractivity contribution >= 4 is 46.6 Å². The second-order valence-electron chi connectivity index (χ2n) is 15.0. The van der Waals surface area contributed by atoms with Crippen LogP contribution in [0.1, 0.15) is 111 Å². The van der Waals surface area contributed by atoms with E-state index in [-0.39, 0.29) is 30.0 Å². The summed E-state index contributed by atoms with van der Waals surface area (Å²) in [5.41, 5.74) is 2.86. The lowest BCUT2D eigenvalue weighted by Gasteiger charge is -2.34. The molecular weight excluding hydrogens is 720 g/mol. The Hall–Kier alpha value is -3.67. The van der Waals surface area contributed by atoms with Crippen molar-refractivity contribution in [1.82, 2.24) is 15.1 Å². The third kappa shape index (κ3) is 14.4. The largest absolute Gasteiger partial charge is 0.457 e. The fourth-order valence-electron chi connectivity index (χ4n) is 6.46. The Morgan fingerprint density at radius 1 is 0.836 bits per heavy atom. The van der Waals surface area contributed by atoms with Crippen molar-refractivity contribution in [1.29, 1.82) is 0 Å². The molecule has 11 nitrogen and oxygen atoms in total. The summed E-state index contributed by atoms with van der Waals surface area (Å²) in [7, 11) is 0. The van der Waals surface area contributed by atoms with E-state index in [9.17, 15) is 19.2 Å². The molecule has 3 rings (SSSR count). The van der Waals surface area contributed by atoms with E-state index >= 15 is 0 Å². The molecule has 0 radical (unpaired) electrons. The summed E-state index contributed by atoms with van der Waals surface area (Å²) in [5.74, 6) is 0.636. The molecule has 12 heteroatoms. The number of carbonyl (C=O) groups is 4. The van der Waals surface area contributed by atoms with Crippen molar-refractivity contribution < 1.29 is 33.4 Å². The molecule has 1 aromatic carbocycles. The number of benzene rings is 1. The molecule has 1 saturated heterocycles. The van der Waals surface area contributed by atoms with E-state index in [0.717, 1.165) is 66.9 Å². The predicted molar refractivity (Wildman–Crippen MR) is 220 cm³/mol. The van der Waals surface area contributed by atoms with Gasteiger partial charge in [-0.25, -0.2) is 4.79 Å². The van der Waals surface area contributed by atoms with Gasteiger partial charge in [-0.05, 0) is 87.3 Å². The number of carbonyl (C=O) groups excluding carboxylic acids is 4. The molecule has 0 spiro atoms. The molecule has 55 heavy (non-hydrogen) atoms. The van der Waals surface area contributed by atoms with Gasteiger partial charge in [-0.15, -0.1) is 11.6 Å². The van der Waals surface area contributed by atoms with E-state index in [4.69, 9.17) is 25.8 Å². The van der Waals surface area contributed by atoms with Crippen molar-refractivity contribution in [2.75, 3.05) is 69.9 Å². The second-order valence-corrected chi connectivity index (χ2v) is 15.3. The smallest absolute Gasteiger partial charge is 0.333 e. The normalized spacial score (nSPS) is 16.1. The van der Waals surface area contributed by atoms with Gasteiger partial charge in [0.1, 0.15) is 17.1 Å². The number of hydrogen-bond donors (Lipinski definition) is 1. The first-order valence-electron chi connectivity index (χ1n) is 20.3. The fourth-order valence-corrected chi connectivity index (χ4v) is 6.65. The molecule has 0 saturated carbocycles. The minimum atomic E-state index is -0.620. The number of alkyl halides is 1. The van der Waals surface area contributed by atoms with Crippen molar-refractivity contribution in [3.63, 3.8) is 0 Å². The number of unbranched alkanes of at least 4 members (excludes halogenated alkanes) is 6. The zero-order chi connectivity index (χ0) is 40.2. The van der Waals surface area contributed by atoms with Crippen LogP contribution in [0.2, 0.25) is 0 Å². The number of fused-ring (bicyclic) bond motifs is 1. The number of allylic oxidation sites excluding steroid dienone is 4. The summed E-state index contributed by atoms with van der Waals surface area (Å²) in [4.78, 5) is 57.7. The van der Waals surface area contributed by atoms with Gasteiger partial charge in [0, 0.05) is 68.9 Å². The quantitative estimate of drug-likeness (QED) is 0.0456. The van der Waals surface area contributed by atoms with Crippen LogP contribution in [-0.2, 0) is 23.9 Å². The van der Waals surface area contributed by atoms with Gasteiger partial charge in [0.25, 0.3) is 11.8 Å². The minimum Gasteiger partial charge on any atom is -0.457 e. The maximum Gasteiger partial charge on any atom is 0.333 e. The molecular formula is C43H65ClN4O7. The SMILES string of the molecule is CCCCN1C(=O)/C(=C\C=C2\C=C(C(C)(C)C)c3ccc(N(CC)CC)cc3O2)C(=O)N(CCCCCC(=O)NCCOCCOCCCCCCCl)C1=O. The van der Waals surface area contributed by atoms with Crippen LogP contribution in [0.4, 0.5) is 10.5 Å². The summed E-state index contributed by atoms with van der Waals surface area (Å²) in [5, 5.41) is 2.87. The van der Waals surface area contributed by atoms with Crippen LogP contribution >= 0.6 is 11.6 Å². The van der Waals surface area contributed by atoms with Crippen LogP contribution in [0.25, 0.3) is 5.57 Å². The first kappa shape index (κ1) is 45.7. The number of urea groups is 1. The van der Waals surface area contributed by atoms with E-state index in [0.29, 0.717) is 82.5 Å². The van der Waals surface area contributed by atoms with Gasteiger partial charge in [0.15, 0.2) is 0 Å². The lowest BCUT2D eigenvalue weighted by molar-refractivity contribution is -0.136. The van der Waals surface area contributed by atoms with Crippen molar-refractivity contribution in [3.05, 3.63) is 53.3 Å². The van der Waals surface area contributed by atoms with Crippen molar-refractivity contribution in [2.24, 2.45) is 5.41 Å². The van der Waals surface area contributed by atoms with Crippen molar-refractivity contribution in [3.8, 4) is 5.75 Å². The molecule has 5 amide bonds. The zero-order valence-corrected chi connectivity index (χ0v) is 34.9. The van der Waals surface area contributed by atoms with Gasteiger partial charge in [-0.1, -0.05) is 53.4 Å². The maximum absolute atomic E-state index is 13.7. The van der Waals surface area contributed by atoms with Crippen molar-refractivity contribution in [2.45, 2.75) is 106 Å². The Labute approximate surface area is 334 Å². The van der Waals surface area contributed by atoms with E-state index < -0.39 is 17.8 Å². The highest BCUT2D eigenvalue weighted by Gasteiger charge is 2.41. The maximum atomic E-state index is 13.7. The predicted octanol–water partition coefficient (Wildman–Crippen LogP) is 8.26. The summed E-state index contributed by atoms with van der Waals surface area (Å²) in [6.45, 7) is 17.3. The molecule has 0 aromatic heterocycles. The third-order valence-corrected chi connectivity index (χ3v) is 9.93. The van der Waals surface area contributed by atoms with Gasteiger partial charge in [-0.3, -0.25) is 24.2 Å². The summed E-state index contributed by atoms with van der Waals surface area (Å²) in [6, 6.07) is 5.64. The highest BCUT2D eigenvalue weighted by molar-refractivity contribution is 6.28. The minimum absolute atomic E-state index is 0.0722. The Kier molecular flexibility index (Phi) is 20.0. The number of rotatable bonds is 25. The van der Waals surface area contributed by atoms with E-state index in [2.05, 4.69) is 57.0 Å². The molecule has 1 fully saturated rings. The van der Waals surface area contributed by atoms with Gasteiger partial charge < -0.3 is 24.4 Å². The number of amides is 5. The third-order valence-electron chi connectivity index (χ3n) is 9.67. The number of barbiturate groups is 1. The molecule has 1 N–H and O–H groups in total. The topological polar surface area (TPSA) is 118 Å². The van der Waals surface area contributed by atoms with Crippen LogP contribution in [0.5, 0.6) is 5.75 Å². The number of ether oxygens (including phenoxy) is 3. The lowest BCUT2D eigenvalue weighted by Crippen LogP contribution is -2.56.